The summed E-state index contributed by atoms with van der Waals surface area (Å²) >= 11 is 0. The van der Waals surface area contributed by atoms with Crippen molar-refractivity contribution in [2.45, 2.75) is 31.7 Å². The van der Waals surface area contributed by atoms with Gasteiger partial charge in [-0.1, -0.05) is 6.07 Å². The standard InChI is InChI=1S/C16H23N3O3S.ClH/c1-16(11-17,13-6-7-13)18-15(20)12-4-2-5-14(10-12)19-8-3-9-23(19,21)22;/h2,4-5,10,13H,3,6-9,11,17H2,1H3,(H,18,20);1H. The van der Waals surface area contributed by atoms with Crippen molar-refractivity contribution in [3.8, 4) is 0 Å². The summed E-state index contributed by atoms with van der Waals surface area (Å²) in [6.07, 6.45) is 2.78. The van der Waals surface area contributed by atoms with Gasteiger partial charge in [0.1, 0.15) is 0 Å². The minimum absolute atomic E-state index is 0. The van der Waals surface area contributed by atoms with Gasteiger partial charge < -0.3 is 11.1 Å². The SMILES string of the molecule is CC(CN)(NC(=O)c1cccc(N2CCCS2(=O)=O)c1)C1CC1.Cl. The third-order valence-electron chi connectivity index (χ3n) is 4.80. The highest BCUT2D eigenvalue weighted by Gasteiger charge is 2.41. The van der Waals surface area contributed by atoms with E-state index in [-0.39, 0.29) is 24.1 Å². The molecule has 134 valence electrons. The van der Waals surface area contributed by atoms with E-state index in [0.717, 1.165) is 12.8 Å². The maximum Gasteiger partial charge on any atom is 0.251 e. The van der Waals surface area contributed by atoms with E-state index in [1.54, 1.807) is 24.3 Å². The third kappa shape index (κ3) is 3.68. The highest BCUT2D eigenvalue weighted by molar-refractivity contribution is 7.93. The fourth-order valence-corrected chi connectivity index (χ4v) is 4.66. The molecule has 1 heterocycles. The van der Waals surface area contributed by atoms with Gasteiger partial charge in [0.15, 0.2) is 0 Å². The van der Waals surface area contributed by atoms with Crippen molar-refractivity contribution in [2.75, 3.05) is 23.1 Å². The molecule has 0 radical (unpaired) electrons. The Morgan fingerprint density at radius 1 is 1.42 bits per heavy atom. The molecule has 2 aliphatic rings. The van der Waals surface area contributed by atoms with Gasteiger partial charge in [-0.15, -0.1) is 12.4 Å². The zero-order valence-electron chi connectivity index (χ0n) is 13.7. The molecule has 8 heteroatoms. The maximum atomic E-state index is 12.5. The predicted molar refractivity (Wildman–Crippen MR) is 97.1 cm³/mol. The highest BCUT2D eigenvalue weighted by Crippen LogP contribution is 2.39. The van der Waals surface area contributed by atoms with Crippen LogP contribution in [0.5, 0.6) is 0 Å². The molecular weight excluding hydrogens is 350 g/mol. The van der Waals surface area contributed by atoms with Crippen LogP contribution in [0.15, 0.2) is 24.3 Å². The smallest absolute Gasteiger partial charge is 0.251 e. The Morgan fingerprint density at radius 3 is 2.67 bits per heavy atom. The summed E-state index contributed by atoms with van der Waals surface area (Å²) in [6.45, 7) is 2.83. The number of rotatable bonds is 5. The Morgan fingerprint density at radius 2 is 2.12 bits per heavy atom. The summed E-state index contributed by atoms with van der Waals surface area (Å²) in [5, 5.41) is 3.03. The zero-order chi connectivity index (χ0) is 16.7. The second kappa shape index (κ2) is 6.90. The number of anilines is 1. The molecular formula is C16H24ClN3O3S. The van der Waals surface area contributed by atoms with Crippen LogP contribution in [0.3, 0.4) is 0 Å². The zero-order valence-corrected chi connectivity index (χ0v) is 15.3. The van der Waals surface area contributed by atoms with Gasteiger partial charge in [0.05, 0.1) is 17.0 Å². The molecule has 1 saturated heterocycles. The van der Waals surface area contributed by atoms with E-state index in [1.807, 2.05) is 6.92 Å². The Labute approximate surface area is 149 Å². The predicted octanol–water partition coefficient (Wildman–Crippen LogP) is 1.51. The number of halogens is 1. The molecule has 1 aromatic rings. The number of nitrogens with one attached hydrogen (secondary N) is 1. The topological polar surface area (TPSA) is 92.5 Å². The Bertz CT molecular complexity index is 721. The minimum Gasteiger partial charge on any atom is -0.345 e. The summed E-state index contributed by atoms with van der Waals surface area (Å²) in [5.41, 5.74) is 6.46. The summed E-state index contributed by atoms with van der Waals surface area (Å²) in [7, 11) is -3.24. The van der Waals surface area contributed by atoms with Gasteiger partial charge in [0, 0.05) is 18.7 Å². The maximum absolute atomic E-state index is 12.5. The van der Waals surface area contributed by atoms with Gasteiger partial charge in [0.2, 0.25) is 10.0 Å². The van der Waals surface area contributed by atoms with Gasteiger partial charge in [0.25, 0.3) is 5.91 Å². The first-order chi connectivity index (χ1) is 10.9. The fraction of sp³-hybridized carbons (Fsp3) is 0.562. The summed E-state index contributed by atoms with van der Waals surface area (Å²) < 4.78 is 25.4. The van der Waals surface area contributed by atoms with E-state index in [4.69, 9.17) is 5.73 Å². The van der Waals surface area contributed by atoms with Gasteiger partial charge in [-0.2, -0.15) is 0 Å². The quantitative estimate of drug-likeness (QED) is 0.818. The van der Waals surface area contributed by atoms with Crippen LogP contribution in [0, 0.1) is 5.92 Å². The number of carbonyl (C=O) groups excluding carboxylic acids is 1. The molecule has 6 nitrogen and oxygen atoms in total. The van der Waals surface area contributed by atoms with Crippen molar-refractivity contribution < 1.29 is 13.2 Å². The lowest BCUT2D eigenvalue weighted by molar-refractivity contribution is 0.0898. The molecule has 0 bridgehead atoms. The van der Waals surface area contributed by atoms with Gasteiger partial charge in [-0.05, 0) is 50.3 Å². The summed E-state index contributed by atoms with van der Waals surface area (Å²) in [4.78, 5) is 12.5. The molecule has 1 aliphatic heterocycles. The first-order valence-electron chi connectivity index (χ1n) is 7.99. The number of sulfonamides is 1. The fourth-order valence-electron chi connectivity index (χ4n) is 3.10. The Balaban J connectivity index is 0.00000208. The lowest BCUT2D eigenvalue weighted by Gasteiger charge is -2.29. The normalized spacial score (nSPS) is 21.7. The van der Waals surface area contributed by atoms with Gasteiger partial charge >= 0.3 is 0 Å². The van der Waals surface area contributed by atoms with Gasteiger partial charge in [-0.3, -0.25) is 9.10 Å². The largest absolute Gasteiger partial charge is 0.345 e. The number of hydrogen-bond donors (Lipinski definition) is 2. The van der Waals surface area contributed by atoms with E-state index in [9.17, 15) is 13.2 Å². The molecule has 1 saturated carbocycles. The summed E-state index contributed by atoms with van der Waals surface area (Å²) in [6, 6.07) is 6.78. The Kier molecular flexibility index (Phi) is 5.47. The summed E-state index contributed by atoms with van der Waals surface area (Å²) in [5.74, 6) is 0.387. The molecule has 24 heavy (non-hydrogen) atoms. The average molecular weight is 374 g/mol. The number of benzene rings is 1. The molecule has 3 N–H and O–H groups in total. The van der Waals surface area contributed by atoms with Crippen LogP contribution in [-0.2, 0) is 10.0 Å². The van der Waals surface area contributed by atoms with Gasteiger partial charge in [-0.25, -0.2) is 8.42 Å². The second-order valence-electron chi connectivity index (χ2n) is 6.64. The average Bonchev–Trinajstić information content (AvgIpc) is 3.31. The number of nitrogens with two attached hydrogens (primary N) is 1. The number of nitrogens with zero attached hydrogens (tertiary/aromatic N) is 1. The van der Waals surface area contributed by atoms with E-state index >= 15 is 0 Å². The molecule has 0 aromatic heterocycles. The number of hydrogen-bond acceptors (Lipinski definition) is 4. The van der Waals surface area contributed by atoms with Crippen LogP contribution in [0.1, 0.15) is 36.5 Å². The Hall–Kier alpha value is -1.31. The van der Waals surface area contributed by atoms with Crippen LogP contribution in [0.4, 0.5) is 5.69 Å². The van der Waals surface area contributed by atoms with Crippen molar-refractivity contribution in [1.82, 2.24) is 5.32 Å². The molecule has 1 unspecified atom stereocenters. The van der Waals surface area contributed by atoms with Crippen LogP contribution in [0.25, 0.3) is 0 Å². The number of amides is 1. The van der Waals surface area contributed by atoms with E-state index < -0.39 is 15.6 Å². The van der Waals surface area contributed by atoms with Crippen LogP contribution in [-0.4, -0.2) is 38.7 Å². The molecule has 3 rings (SSSR count). The number of carbonyl (C=O) groups is 1. The van der Waals surface area contributed by atoms with Crippen molar-refractivity contribution in [3.63, 3.8) is 0 Å². The van der Waals surface area contributed by atoms with Crippen molar-refractivity contribution >= 4 is 34.0 Å². The van der Waals surface area contributed by atoms with Crippen LogP contribution in [0.2, 0.25) is 0 Å². The van der Waals surface area contributed by atoms with Crippen molar-refractivity contribution in [2.24, 2.45) is 11.7 Å². The first-order valence-corrected chi connectivity index (χ1v) is 9.60. The molecule has 0 spiro atoms. The van der Waals surface area contributed by atoms with E-state index in [1.165, 1.54) is 4.31 Å². The minimum atomic E-state index is -3.24. The molecule has 1 aliphatic carbocycles. The van der Waals surface area contributed by atoms with Crippen molar-refractivity contribution in [3.05, 3.63) is 29.8 Å². The lowest BCUT2D eigenvalue weighted by atomic mass is 9.95. The monoisotopic (exact) mass is 373 g/mol. The molecule has 1 aromatic carbocycles. The van der Waals surface area contributed by atoms with E-state index in [0.29, 0.717) is 36.7 Å². The molecule has 1 atom stereocenters. The second-order valence-corrected chi connectivity index (χ2v) is 8.65. The highest BCUT2D eigenvalue weighted by atomic mass is 35.5. The van der Waals surface area contributed by atoms with Crippen molar-refractivity contribution in [1.29, 1.82) is 0 Å². The van der Waals surface area contributed by atoms with Crippen LogP contribution < -0.4 is 15.4 Å². The molecule has 2 fully saturated rings. The first kappa shape index (κ1) is 19.0. The third-order valence-corrected chi connectivity index (χ3v) is 6.67. The van der Waals surface area contributed by atoms with Crippen LogP contribution >= 0.6 is 12.4 Å². The lowest BCUT2D eigenvalue weighted by Crippen LogP contribution is -2.53. The van der Waals surface area contributed by atoms with E-state index in [2.05, 4.69) is 5.32 Å². The molecule has 1 amide bonds.